The first-order valence-corrected chi connectivity index (χ1v) is 7.59. The molecule has 2 rings (SSSR count). The van der Waals surface area contributed by atoms with Crippen LogP contribution in [0.4, 0.5) is 5.69 Å². The molecule has 102 valence electrons. The molecule has 0 aliphatic rings. The first kappa shape index (κ1) is 13.9. The van der Waals surface area contributed by atoms with Crippen LogP contribution in [0.15, 0.2) is 30.3 Å². The van der Waals surface area contributed by atoms with E-state index in [1.807, 2.05) is 18.3 Å². The van der Waals surface area contributed by atoms with Crippen LogP contribution in [0.25, 0.3) is 0 Å². The van der Waals surface area contributed by atoms with E-state index in [2.05, 4.69) is 49.5 Å². The number of aryl methyl sites for hydroxylation is 2. The van der Waals surface area contributed by atoms with Gasteiger partial charge in [0.05, 0.1) is 12.3 Å². The molecule has 0 fully saturated rings. The van der Waals surface area contributed by atoms with Crippen LogP contribution in [0.5, 0.6) is 5.75 Å². The number of hydrogen-bond acceptors (Lipinski definition) is 3. The molecule has 0 atom stereocenters. The highest BCUT2D eigenvalue weighted by Gasteiger charge is 2.04. The predicted octanol–water partition coefficient (Wildman–Crippen LogP) is 4.63. The van der Waals surface area contributed by atoms with E-state index in [0.717, 1.165) is 24.4 Å². The number of thiophene rings is 1. The number of anilines is 1. The van der Waals surface area contributed by atoms with Gasteiger partial charge in [-0.05, 0) is 50.1 Å². The van der Waals surface area contributed by atoms with Gasteiger partial charge in [-0.25, -0.2) is 0 Å². The SMILES string of the molecule is CCOc1cc(C)ccc1NCc1ccc(CC)s1. The predicted molar refractivity (Wildman–Crippen MR) is 83.4 cm³/mol. The molecular weight excluding hydrogens is 254 g/mol. The van der Waals surface area contributed by atoms with Crippen molar-refractivity contribution in [2.45, 2.75) is 33.7 Å². The Kier molecular flexibility index (Phi) is 4.86. The zero-order valence-corrected chi connectivity index (χ0v) is 12.6. The molecular formula is C16H21NOS. The lowest BCUT2D eigenvalue weighted by molar-refractivity contribution is 0.341. The second kappa shape index (κ2) is 6.62. The summed E-state index contributed by atoms with van der Waals surface area (Å²) >= 11 is 1.87. The van der Waals surface area contributed by atoms with Crippen LogP contribution >= 0.6 is 11.3 Å². The lowest BCUT2D eigenvalue weighted by Gasteiger charge is -2.12. The van der Waals surface area contributed by atoms with E-state index in [4.69, 9.17) is 4.74 Å². The normalized spacial score (nSPS) is 10.5. The number of ether oxygens (including phenoxy) is 1. The van der Waals surface area contributed by atoms with E-state index < -0.39 is 0 Å². The molecule has 1 aromatic heterocycles. The minimum Gasteiger partial charge on any atom is -0.492 e. The van der Waals surface area contributed by atoms with Gasteiger partial charge in [-0.1, -0.05) is 13.0 Å². The third-order valence-corrected chi connectivity index (χ3v) is 4.19. The first-order valence-electron chi connectivity index (χ1n) is 6.77. The molecule has 1 N–H and O–H groups in total. The molecule has 0 saturated carbocycles. The maximum Gasteiger partial charge on any atom is 0.142 e. The largest absolute Gasteiger partial charge is 0.492 e. The minimum atomic E-state index is 0.692. The Labute approximate surface area is 119 Å². The average Bonchev–Trinajstić information content (AvgIpc) is 2.86. The van der Waals surface area contributed by atoms with Crippen LogP contribution in [0.1, 0.15) is 29.2 Å². The monoisotopic (exact) mass is 275 g/mol. The zero-order valence-electron chi connectivity index (χ0n) is 11.8. The number of nitrogens with one attached hydrogen (secondary N) is 1. The van der Waals surface area contributed by atoms with Gasteiger partial charge in [-0.3, -0.25) is 0 Å². The van der Waals surface area contributed by atoms with Crippen molar-refractivity contribution in [1.82, 2.24) is 0 Å². The first-order chi connectivity index (χ1) is 9.22. The van der Waals surface area contributed by atoms with Gasteiger partial charge in [0.1, 0.15) is 5.75 Å². The highest BCUT2D eigenvalue weighted by atomic mass is 32.1. The Balaban J connectivity index is 2.05. The Morgan fingerprint density at radius 1 is 1.11 bits per heavy atom. The van der Waals surface area contributed by atoms with E-state index in [-0.39, 0.29) is 0 Å². The number of rotatable bonds is 6. The van der Waals surface area contributed by atoms with Crippen molar-refractivity contribution in [3.63, 3.8) is 0 Å². The van der Waals surface area contributed by atoms with Crippen molar-refractivity contribution in [3.05, 3.63) is 45.6 Å². The fourth-order valence-corrected chi connectivity index (χ4v) is 2.84. The Bertz CT molecular complexity index is 533. The zero-order chi connectivity index (χ0) is 13.7. The van der Waals surface area contributed by atoms with E-state index in [9.17, 15) is 0 Å². The maximum absolute atomic E-state index is 5.67. The van der Waals surface area contributed by atoms with Crippen molar-refractivity contribution < 1.29 is 4.74 Å². The second-order valence-electron chi connectivity index (χ2n) is 4.51. The van der Waals surface area contributed by atoms with Gasteiger partial charge in [0, 0.05) is 16.3 Å². The molecule has 0 aliphatic carbocycles. The fourth-order valence-electron chi connectivity index (χ4n) is 1.94. The molecule has 19 heavy (non-hydrogen) atoms. The van der Waals surface area contributed by atoms with Crippen LogP contribution in [-0.4, -0.2) is 6.61 Å². The second-order valence-corrected chi connectivity index (χ2v) is 5.76. The molecule has 0 bridgehead atoms. The molecule has 1 aromatic carbocycles. The number of benzene rings is 1. The summed E-state index contributed by atoms with van der Waals surface area (Å²) < 4.78 is 5.67. The smallest absolute Gasteiger partial charge is 0.142 e. The molecule has 2 nitrogen and oxygen atoms in total. The van der Waals surface area contributed by atoms with Crippen LogP contribution in [0.3, 0.4) is 0 Å². The van der Waals surface area contributed by atoms with Crippen molar-refractivity contribution >= 4 is 17.0 Å². The fraction of sp³-hybridized carbons (Fsp3) is 0.375. The summed E-state index contributed by atoms with van der Waals surface area (Å²) in [5.41, 5.74) is 2.29. The lowest BCUT2D eigenvalue weighted by Crippen LogP contribution is -2.02. The molecule has 0 amide bonds. The van der Waals surface area contributed by atoms with Crippen LogP contribution < -0.4 is 10.1 Å². The topological polar surface area (TPSA) is 21.3 Å². The Morgan fingerprint density at radius 3 is 2.58 bits per heavy atom. The third kappa shape index (κ3) is 3.74. The summed E-state index contributed by atoms with van der Waals surface area (Å²) in [4.78, 5) is 2.80. The highest BCUT2D eigenvalue weighted by molar-refractivity contribution is 7.12. The Morgan fingerprint density at radius 2 is 1.89 bits per heavy atom. The molecule has 1 heterocycles. The molecule has 3 heteroatoms. The van der Waals surface area contributed by atoms with Gasteiger partial charge < -0.3 is 10.1 Å². The molecule has 0 unspecified atom stereocenters. The van der Waals surface area contributed by atoms with Crippen molar-refractivity contribution in [1.29, 1.82) is 0 Å². The summed E-state index contributed by atoms with van der Waals surface area (Å²) in [6.07, 6.45) is 1.11. The highest BCUT2D eigenvalue weighted by Crippen LogP contribution is 2.27. The van der Waals surface area contributed by atoms with Crippen LogP contribution in [0, 0.1) is 6.92 Å². The summed E-state index contributed by atoms with van der Waals surface area (Å²) in [5, 5.41) is 3.46. The molecule has 0 aliphatic heterocycles. The van der Waals surface area contributed by atoms with E-state index >= 15 is 0 Å². The van der Waals surface area contributed by atoms with Crippen LogP contribution in [0.2, 0.25) is 0 Å². The summed E-state index contributed by atoms with van der Waals surface area (Å²) in [6.45, 7) is 7.83. The van der Waals surface area contributed by atoms with Crippen molar-refractivity contribution in [2.24, 2.45) is 0 Å². The van der Waals surface area contributed by atoms with E-state index in [1.54, 1.807) is 0 Å². The van der Waals surface area contributed by atoms with Crippen molar-refractivity contribution in [3.8, 4) is 5.75 Å². The lowest BCUT2D eigenvalue weighted by atomic mass is 10.2. The molecule has 0 radical (unpaired) electrons. The van der Waals surface area contributed by atoms with Crippen LogP contribution in [-0.2, 0) is 13.0 Å². The van der Waals surface area contributed by atoms with E-state index in [0.29, 0.717) is 6.61 Å². The molecule has 2 aromatic rings. The summed E-state index contributed by atoms with van der Waals surface area (Å²) in [5.74, 6) is 0.940. The summed E-state index contributed by atoms with van der Waals surface area (Å²) in [6, 6.07) is 10.7. The van der Waals surface area contributed by atoms with E-state index in [1.165, 1.54) is 15.3 Å². The van der Waals surface area contributed by atoms with Gasteiger partial charge in [0.2, 0.25) is 0 Å². The van der Waals surface area contributed by atoms with Gasteiger partial charge in [-0.2, -0.15) is 0 Å². The average molecular weight is 275 g/mol. The van der Waals surface area contributed by atoms with Gasteiger partial charge in [0.25, 0.3) is 0 Å². The quantitative estimate of drug-likeness (QED) is 0.830. The number of hydrogen-bond donors (Lipinski definition) is 1. The van der Waals surface area contributed by atoms with Crippen molar-refractivity contribution in [2.75, 3.05) is 11.9 Å². The van der Waals surface area contributed by atoms with Gasteiger partial charge in [-0.15, -0.1) is 11.3 Å². The maximum atomic E-state index is 5.67. The Hall–Kier alpha value is -1.48. The van der Waals surface area contributed by atoms with Gasteiger partial charge in [0.15, 0.2) is 0 Å². The van der Waals surface area contributed by atoms with Gasteiger partial charge >= 0.3 is 0 Å². The molecule has 0 saturated heterocycles. The minimum absolute atomic E-state index is 0.692. The summed E-state index contributed by atoms with van der Waals surface area (Å²) in [7, 11) is 0. The third-order valence-electron chi connectivity index (χ3n) is 2.96. The molecule has 0 spiro atoms. The standard InChI is InChI=1S/C16H21NOS/c1-4-13-7-8-14(19-13)11-17-15-9-6-12(3)10-16(15)18-5-2/h6-10,17H,4-5,11H2,1-3H3.